The number of amides is 1. The number of carbonyl (C=O) groups excluding carboxylic acids is 1. The SMILES string of the molecule is CCCCNc1cccc(C(=O)Nc2ncc([N+](=O)[O-])s2)c1C. The fraction of sp³-hybridized carbons (Fsp3) is 0.333. The van der Waals surface area contributed by atoms with Crippen molar-refractivity contribution in [1.29, 1.82) is 0 Å². The lowest BCUT2D eigenvalue weighted by molar-refractivity contribution is -0.380. The highest BCUT2D eigenvalue weighted by Crippen LogP contribution is 2.26. The third kappa shape index (κ3) is 4.26. The standard InChI is InChI=1S/C15H18N4O3S/c1-3-4-8-16-12-7-5-6-11(10(12)2)14(20)18-15-17-9-13(23-15)19(21)22/h5-7,9,16H,3-4,8H2,1-2H3,(H,17,18,20). The lowest BCUT2D eigenvalue weighted by atomic mass is 10.1. The quantitative estimate of drug-likeness (QED) is 0.456. The van der Waals surface area contributed by atoms with Crippen LogP contribution >= 0.6 is 11.3 Å². The number of unbranched alkanes of at least 4 members (excludes halogenated alkanes) is 1. The largest absolute Gasteiger partial charge is 0.385 e. The topological polar surface area (TPSA) is 97.2 Å². The Morgan fingerprint density at radius 2 is 2.22 bits per heavy atom. The summed E-state index contributed by atoms with van der Waals surface area (Å²) in [4.78, 5) is 26.3. The van der Waals surface area contributed by atoms with Gasteiger partial charge >= 0.3 is 5.00 Å². The minimum Gasteiger partial charge on any atom is -0.385 e. The molecule has 0 spiro atoms. The normalized spacial score (nSPS) is 10.3. The lowest BCUT2D eigenvalue weighted by Gasteiger charge is -2.12. The Balaban J connectivity index is 2.12. The Morgan fingerprint density at radius 3 is 2.87 bits per heavy atom. The zero-order chi connectivity index (χ0) is 16.8. The summed E-state index contributed by atoms with van der Waals surface area (Å²) in [7, 11) is 0. The maximum Gasteiger partial charge on any atom is 0.345 e. The predicted molar refractivity (Wildman–Crippen MR) is 91.3 cm³/mol. The van der Waals surface area contributed by atoms with E-state index in [0.717, 1.165) is 48.2 Å². The highest BCUT2D eigenvalue weighted by atomic mass is 32.1. The smallest absolute Gasteiger partial charge is 0.345 e. The molecule has 0 bridgehead atoms. The molecule has 2 N–H and O–H groups in total. The molecule has 1 amide bonds. The maximum atomic E-state index is 12.4. The number of carbonyl (C=O) groups is 1. The number of benzene rings is 1. The van der Waals surface area contributed by atoms with Crippen LogP contribution < -0.4 is 10.6 Å². The molecule has 1 aromatic carbocycles. The summed E-state index contributed by atoms with van der Waals surface area (Å²) < 4.78 is 0. The summed E-state index contributed by atoms with van der Waals surface area (Å²) in [5.41, 5.74) is 2.27. The number of hydrogen-bond acceptors (Lipinski definition) is 6. The molecule has 122 valence electrons. The van der Waals surface area contributed by atoms with Crippen LogP contribution in [0.4, 0.5) is 15.8 Å². The van der Waals surface area contributed by atoms with Gasteiger partial charge in [-0.2, -0.15) is 0 Å². The molecule has 7 nitrogen and oxygen atoms in total. The first-order valence-corrected chi connectivity index (χ1v) is 8.09. The van der Waals surface area contributed by atoms with Crippen molar-refractivity contribution in [3.8, 4) is 0 Å². The van der Waals surface area contributed by atoms with Gasteiger partial charge in [0.05, 0.1) is 4.92 Å². The van der Waals surface area contributed by atoms with Gasteiger partial charge in [-0.3, -0.25) is 20.2 Å². The van der Waals surface area contributed by atoms with Gasteiger partial charge in [0.2, 0.25) is 0 Å². The average molecular weight is 334 g/mol. The highest BCUT2D eigenvalue weighted by molar-refractivity contribution is 7.18. The molecule has 0 atom stereocenters. The molecule has 1 heterocycles. The lowest BCUT2D eigenvalue weighted by Crippen LogP contribution is -2.14. The molecule has 0 aliphatic rings. The number of rotatable bonds is 7. The summed E-state index contributed by atoms with van der Waals surface area (Å²) in [6.45, 7) is 4.83. The van der Waals surface area contributed by atoms with Gasteiger partial charge < -0.3 is 5.32 Å². The average Bonchev–Trinajstić information content (AvgIpc) is 2.98. The van der Waals surface area contributed by atoms with Crippen LogP contribution in [0.2, 0.25) is 0 Å². The predicted octanol–water partition coefficient (Wildman–Crippen LogP) is 3.82. The highest BCUT2D eigenvalue weighted by Gasteiger charge is 2.16. The second-order valence-corrected chi connectivity index (χ2v) is 5.98. The van der Waals surface area contributed by atoms with Crippen LogP contribution in [0.5, 0.6) is 0 Å². The van der Waals surface area contributed by atoms with Crippen LogP contribution in [-0.4, -0.2) is 22.4 Å². The molecule has 2 aromatic rings. The van der Waals surface area contributed by atoms with Crippen LogP contribution in [0.15, 0.2) is 24.4 Å². The Hall–Kier alpha value is -2.48. The first-order valence-electron chi connectivity index (χ1n) is 7.28. The van der Waals surface area contributed by atoms with E-state index >= 15 is 0 Å². The summed E-state index contributed by atoms with van der Waals surface area (Å²) in [5, 5.41) is 16.7. The van der Waals surface area contributed by atoms with Crippen LogP contribution in [-0.2, 0) is 0 Å². The minimum absolute atomic E-state index is 0.105. The van der Waals surface area contributed by atoms with Crippen LogP contribution in [0.25, 0.3) is 0 Å². The van der Waals surface area contributed by atoms with Crippen LogP contribution in [0.3, 0.4) is 0 Å². The molecule has 0 aliphatic carbocycles. The summed E-state index contributed by atoms with van der Waals surface area (Å²) >= 11 is 0.833. The van der Waals surface area contributed by atoms with Crippen molar-refractivity contribution >= 4 is 33.1 Å². The van der Waals surface area contributed by atoms with Gasteiger partial charge in [0, 0.05) is 17.8 Å². The van der Waals surface area contributed by atoms with E-state index in [4.69, 9.17) is 0 Å². The molecule has 0 aliphatic heterocycles. The number of nitro groups is 1. The minimum atomic E-state index is -0.531. The zero-order valence-electron chi connectivity index (χ0n) is 13.0. The number of nitrogens with zero attached hydrogens (tertiary/aromatic N) is 2. The Kier molecular flexibility index (Phi) is 5.64. The Bertz CT molecular complexity index is 714. The molecule has 0 fully saturated rings. The third-order valence-corrected chi connectivity index (χ3v) is 4.18. The van der Waals surface area contributed by atoms with E-state index < -0.39 is 4.92 Å². The number of aromatic nitrogens is 1. The van der Waals surface area contributed by atoms with E-state index in [1.165, 1.54) is 0 Å². The van der Waals surface area contributed by atoms with Gasteiger partial charge in [-0.25, -0.2) is 4.98 Å². The first-order chi connectivity index (χ1) is 11.0. The summed E-state index contributed by atoms with van der Waals surface area (Å²) in [5.74, 6) is -0.328. The number of nitrogens with one attached hydrogen (secondary N) is 2. The van der Waals surface area contributed by atoms with Crippen molar-refractivity contribution in [3.05, 3.63) is 45.6 Å². The van der Waals surface area contributed by atoms with Crippen molar-refractivity contribution < 1.29 is 9.72 Å². The van der Waals surface area contributed by atoms with Crippen molar-refractivity contribution in [2.24, 2.45) is 0 Å². The molecular formula is C15H18N4O3S. The fourth-order valence-corrected chi connectivity index (χ4v) is 2.67. The summed E-state index contributed by atoms with van der Waals surface area (Å²) in [6, 6.07) is 5.45. The maximum absolute atomic E-state index is 12.4. The van der Waals surface area contributed by atoms with Gasteiger partial charge in [-0.15, -0.1) is 0 Å². The van der Waals surface area contributed by atoms with Gasteiger partial charge in [0.25, 0.3) is 5.91 Å². The van der Waals surface area contributed by atoms with E-state index in [-0.39, 0.29) is 16.0 Å². The Labute approximate surface area is 137 Å². The van der Waals surface area contributed by atoms with Crippen LogP contribution in [0, 0.1) is 17.0 Å². The molecule has 0 radical (unpaired) electrons. The van der Waals surface area contributed by atoms with Gasteiger partial charge in [-0.1, -0.05) is 19.4 Å². The van der Waals surface area contributed by atoms with E-state index in [1.54, 1.807) is 12.1 Å². The van der Waals surface area contributed by atoms with Gasteiger partial charge in [0.1, 0.15) is 6.20 Å². The number of thiazole rings is 1. The van der Waals surface area contributed by atoms with Gasteiger partial charge in [-0.05, 0) is 42.4 Å². The third-order valence-electron chi connectivity index (χ3n) is 3.32. The number of hydrogen-bond donors (Lipinski definition) is 2. The van der Waals surface area contributed by atoms with Crippen LogP contribution in [0.1, 0.15) is 35.7 Å². The number of anilines is 2. The van der Waals surface area contributed by atoms with Crippen molar-refractivity contribution in [1.82, 2.24) is 4.98 Å². The molecule has 8 heteroatoms. The van der Waals surface area contributed by atoms with Gasteiger partial charge in [0.15, 0.2) is 5.13 Å². The molecular weight excluding hydrogens is 316 g/mol. The molecule has 2 rings (SSSR count). The second-order valence-electron chi connectivity index (χ2n) is 4.97. The second kappa shape index (κ2) is 7.68. The van der Waals surface area contributed by atoms with E-state index in [2.05, 4.69) is 22.5 Å². The fourth-order valence-electron chi connectivity index (χ4n) is 2.05. The van der Waals surface area contributed by atoms with Crippen molar-refractivity contribution in [2.45, 2.75) is 26.7 Å². The van der Waals surface area contributed by atoms with Crippen molar-refractivity contribution in [2.75, 3.05) is 17.2 Å². The first kappa shape index (κ1) is 16.9. The van der Waals surface area contributed by atoms with E-state index in [0.29, 0.717) is 5.56 Å². The molecule has 0 saturated carbocycles. The van der Waals surface area contributed by atoms with E-state index in [9.17, 15) is 14.9 Å². The van der Waals surface area contributed by atoms with Crippen molar-refractivity contribution in [3.63, 3.8) is 0 Å². The van der Waals surface area contributed by atoms with E-state index in [1.807, 2.05) is 13.0 Å². The zero-order valence-corrected chi connectivity index (χ0v) is 13.8. The summed E-state index contributed by atoms with van der Waals surface area (Å²) in [6.07, 6.45) is 3.28. The molecule has 1 aromatic heterocycles. The molecule has 23 heavy (non-hydrogen) atoms. The molecule has 0 saturated heterocycles. The monoisotopic (exact) mass is 334 g/mol. The molecule has 0 unspecified atom stereocenters. The Morgan fingerprint density at radius 1 is 1.43 bits per heavy atom.